The molecular formula is C14H11ClN2S. The van der Waals surface area contributed by atoms with E-state index in [1.807, 2.05) is 36.0 Å². The molecule has 90 valence electrons. The molecule has 4 heteroatoms. The second-order valence-corrected chi connectivity index (χ2v) is 5.41. The number of aromatic nitrogens is 2. The molecule has 0 bridgehead atoms. The first kappa shape index (κ1) is 11.5. The van der Waals surface area contributed by atoms with Crippen LogP contribution in [0.3, 0.4) is 0 Å². The molecule has 0 saturated heterocycles. The van der Waals surface area contributed by atoms with Crippen LogP contribution in [0, 0.1) is 0 Å². The number of rotatable bonds is 2. The molecule has 1 aromatic carbocycles. The molecule has 0 fully saturated rings. The monoisotopic (exact) mass is 274 g/mol. The summed E-state index contributed by atoms with van der Waals surface area (Å²) in [6.07, 6.45) is 0. The molecule has 3 aromatic rings. The van der Waals surface area contributed by atoms with Crippen LogP contribution in [-0.4, -0.2) is 9.78 Å². The van der Waals surface area contributed by atoms with Gasteiger partial charge in [-0.05, 0) is 29.6 Å². The molecule has 0 amide bonds. The molecule has 0 spiro atoms. The lowest BCUT2D eigenvalue weighted by Crippen LogP contribution is -1.92. The first-order valence-electron chi connectivity index (χ1n) is 5.58. The quantitative estimate of drug-likeness (QED) is 0.674. The minimum Gasteiger partial charge on any atom is -0.266 e. The zero-order valence-electron chi connectivity index (χ0n) is 9.80. The van der Waals surface area contributed by atoms with E-state index in [2.05, 4.69) is 28.7 Å². The summed E-state index contributed by atoms with van der Waals surface area (Å²) in [6.45, 7) is 0. The van der Waals surface area contributed by atoms with Gasteiger partial charge >= 0.3 is 0 Å². The fourth-order valence-electron chi connectivity index (χ4n) is 1.88. The van der Waals surface area contributed by atoms with E-state index >= 15 is 0 Å². The van der Waals surface area contributed by atoms with Gasteiger partial charge in [0.15, 0.2) is 0 Å². The van der Waals surface area contributed by atoms with Gasteiger partial charge in [-0.3, -0.25) is 4.68 Å². The second kappa shape index (κ2) is 4.59. The predicted molar refractivity (Wildman–Crippen MR) is 77.0 cm³/mol. The highest BCUT2D eigenvalue weighted by Gasteiger charge is 2.09. The number of hydrogen-bond donors (Lipinski definition) is 0. The van der Waals surface area contributed by atoms with Crippen LogP contribution < -0.4 is 0 Å². The molecule has 0 N–H and O–H groups in total. The Labute approximate surface area is 114 Å². The minimum atomic E-state index is 0.744. The van der Waals surface area contributed by atoms with Gasteiger partial charge < -0.3 is 0 Å². The van der Waals surface area contributed by atoms with Gasteiger partial charge in [-0.15, -0.1) is 11.3 Å². The van der Waals surface area contributed by atoms with Crippen molar-refractivity contribution in [3.63, 3.8) is 0 Å². The molecule has 2 aromatic heterocycles. The van der Waals surface area contributed by atoms with Crippen LogP contribution in [-0.2, 0) is 7.05 Å². The average molecular weight is 275 g/mol. The highest BCUT2D eigenvalue weighted by atomic mass is 35.5. The molecule has 18 heavy (non-hydrogen) atoms. The Morgan fingerprint density at radius 3 is 2.61 bits per heavy atom. The molecule has 0 saturated carbocycles. The third-order valence-electron chi connectivity index (χ3n) is 2.79. The molecule has 0 unspecified atom stereocenters. The number of aryl methyl sites for hydroxylation is 1. The maximum Gasteiger partial charge on any atom is 0.0929 e. The summed E-state index contributed by atoms with van der Waals surface area (Å²) in [5, 5.41) is 7.36. The van der Waals surface area contributed by atoms with E-state index in [1.165, 1.54) is 4.88 Å². The van der Waals surface area contributed by atoms with Gasteiger partial charge in [-0.1, -0.05) is 29.8 Å². The topological polar surface area (TPSA) is 17.8 Å². The van der Waals surface area contributed by atoms with Crippen LogP contribution in [0.1, 0.15) is 0 Å². The summed E-state index contributed by atoms with van der Waals surface area (Å²) in [4.78, 5) is 1.23. The number of nitrogens with zero attached hydrogens (tertiary/aromatic N) is 2. The van der Waals surface area contributed by atoms with E-state index < -0.39 is 0 Å². The third-order valence-corrected chi connectivity index (χ3v) is 3.94. The highest BCUT2D eigenvalue weighted by Crippen LogP contribution is 2.29. The summed E-state index contributed by atoms with van der Waals surface area (Å²) in [7, 11) is 1.97. The Morgan fingerprint density at radius 1 is 1.17 bits per heavy atom. The number of halogens is 1. The van der Waals surface area contributed by atoms with Crippen molar-refractivity contribution in [2.24, 2.45) is 7.05 Å². The lowest BCUT2D eigenvalue weighted by molar-refractivity contribution is 0.780. The summed E-state index contributed by atoms with van der Waals surface area (Å²) < 4.78 is 1.91. The van der Waals surface area contributed by atoms with Crippen LogP contribution in [0.25, 0.3) is 21.8 Å². The Kier molecular flexibility index (Phi) is 2.94. The van der Waals surface area contributed by atoms with Crippen LogP contribution in [0.15, 0.2) is 47.8 Å². The zero-order chi connectivity index (χ0) is 12.5. The molecule has 0 aliphatic heterocycles. The average Bonchev–Trinajstić information content (AvgIpc) is 2.99. The van der Waals surface area contributed by atoms with Gasteiger partial charge in [0.1, 0.15) is 0 Å². The molecule has 0 aliphatic carbocycles. The van der Waals surface area contributed by atoms with Gasteiger partial charge in [0, 0.05) is 17.6 Å². The summed E-state index contributed by atoms with van der Waals surface area (Å²) >= 11 is 7.61. The van der Waals surface area contributed by atoms with Crippen molar-refractivity contribution in [2.75, 3.05) is 0 Å². The molecule has 0 aliphatic rings. The number of thiophene rings is 1. The lowest BCUT2D eigenvalue weighted by Gasteiger charge is -1.96. The SMILES string of the molecule is Cn1nc(-c2ccc(Cl)cc2)cc1-c1cccs1. The summed E-state index contributed by atoms with van der Waals surface area (Å²) in [5.41, 5.74) is 3.19. The van der Waals surface area contributed by atoms with Crippen molar-refractivity contribution in [3.05, 3.63) is 52.9 Å². The maximum absolute atomic E-state index is 5.89. The largest absolute Gasteiger partial charge is 0.266 e. The Balaban J connectivity index is 2.05. The Bertz CT molecular complexity index is 654. The predicted octanol–water partition coefficient (Wildman–Crippen LogP) is 4.47. The van der Waals surface area contributed by atoms with Gasteiger partial charge in [0.25, 0.3) is 0 Å². The lowest BCUT2D eigenvalue weighted by atomic mass is 10.1. The molecule has 0 atom stereocenters. The van der Waals surface area contributed by atoms with Crippen molar-refractivity contribution >= 4 is 22.9 Å². The van der Waals surface area contributed by atoms with Gasteiger partial charge in [-0.2, -0.15) is 5.10 Å². The van der Waals surface area contributed by atoms with Crippen LogP contribution >= 0.6 is 22.9 Å². The number of hydrogen-bond acceptors (Lipinski definition) is 2. The van der Waals surface area contributed by atoms with E-state index in [4.69, 9.17) is 11.6 Å². The molecule has 0 radical (unpaired) electrons. The van der Waals surface area contributed by atoms with E-state index in [0.29, 0.717) is 0 Å². The highest BCUT2D eigenvalue weighted by molar-refractivity contribution is 7.13. The van der Waals surface area contributed by atoms with Crippen molar-refractivity contribution in [2.45, 2.75) is 0 Å². The van der Waals surface area contributed by atoms with E-state index in [-0.39, 0.29) is 0 Å². The number of benzene rings is 1. The normalized spacial score (nSPS) is 10.8. The second-order valence-electron chi connectivity index (χ2n) is 4.02. The Hall–Kier alpha value is -1.58. The standard InChI is InChI=1S/C14H11ClN2S/c1-17-13(14-3-2-8-18-14)9-12(16-17)10-4-6-11(15)7-5-10/h2-9H,1H3. The van der Waals surface area contributed by atoms with E-state index in [1.54, 1.807) is 11.3 Å². The van der Waals surface area contributed by atoms with Gasteiger partial charge in [0.05, 0.1) is 16.3 Å². The molecule has 3 rings (SSSR count). The van der Waals surface area contributed by atoms with Gasteiger partial charge in [-0.25, -0.2) is 0 Å². The first-order chi connectivity index (χ1) is 8.74. The van der Waals surface area contributed by atoms with Crippen molar-refractivity contribution < 1.29 is 0 Å². The zero-order valence-corrected chi connectivity index (χ0v) is 11.4. The summed E-state index contributed by atoms with van der Waals surface area (Å²) in [6, 6.07) is 14.0. The van der Waals surface area contributed by atoms with E-state index in [0.717, 1.165) is 22.0 Å². The van der Waals surface area contributed by atoms with Crippen molar-refractivity contribution in [3.8, 4) is 21.8 Å². The maximum atomic E-state index is 5.89. The van der Waals surface area contributed by atoms with Crippen LogP contribution in [0.4, 0.5) is 0 Å². The molecular weight excluding hydrogens is 264 g/mol. The molecule has 2 nitrogen and oxygen atoms in total. The smallest absolute Gasteiger partial charge is 0.0929 e. The summed E-state index contributed by atoms with van der Waals surface area (Å²) in [5.74, 6) is 0. The fraction of sp³-hybridized carbons (Fsp3) is 0.0714. The molecule has 2 heterocycles. The Morgan fingerprint density at radius 2 is 1.94 bits per heavy atom. The third kappa shape index (κ3) is 2.07. The van der Waals surface area contributed by atoms with Crippen molar-refractivity contribution in [1.82, 2.24) is 9.78 Å². The van der Waals surface area contributed by atoms with Gasteiger partial charge in [0.2, 0.25) is 0 Å². The van der Waals surface area contributed by atoms with E-state index in [9.17, 15) is 0 Å². The first-order valence-corrected chi connectivity index (χ1v) is 6.83. The fourth-order valence-corrected chi connectivity index (χ4v) is 2.78. The minimum absolute atomic E-state index is 0.744. The van der Waals surface area contributed by atoms with Crippen LogP contribution in [0.5, 0.6) is 0 Å². The van der Waals surface area contributed by atoms with Crippen molar-refractivity contribution in [1.29, 1.82) is 0 Å². The van der Waals surface area contributed by atoms with Crippen LogP contribution in [0.2, 0.25) is 5.02 Å².